The lowest BCUT2D eigenvalue weighted by molar-refractivity contribution is -0.0878. The highest BCUT2D eigenvalue weighted by atomic mass is 32.2. The van der Waals surface area contributed by atoms with Crippen molar-refractivity contribution in [2.75, 3.05) is 6.61 Å². The van der Waals surface area contributed by atoms with E-state index in [-0.39, 0.29) is 19.4 Å². The van der Waals surface area contributed by atoms with Crippen LogP contribution in [0, 0.1) is 6.92 Å². The standard InChI is InChI=1S/C20H23F3O3S/c1-5-17(12-15(3)20(21,22)23)27(24,25)19(4)10-11-26-18(13-19)16-8-6-14(2)7-9-16/h5-9,12,18H,1,3,10-11,13H2,2,4H3/b17-12+/t18-,19+/m0/s1. The molecule has 3 nitrogen and oxygen atoms in total. The number of alkyl halides is 3. The smallest absolute Gasteiger partial charge is 0.373 e. The molecule has 1 aliphatic rings. The Balaban J connectivity index is 2.37. The maximum Gasteiger partial charge on any atom is 0.415 e. The van der Waals surface area contributed by atoms with Gasteiger partial charge < -0.3 is 4.74 Å². The van der Waals surface area contributed by atoms with Crippen LogP contribution in [0.15, 0.2) is 60.1 Å². The Morgan fingerprint density at radius 1 is 1.30 bits per heavy atom. The zero-order valence-electron chi connectivity index (χ0n) is 15.3. The average Bonchev–Trinajstić information content (AvgIpc) is 2.59. The second-order valence-electron chi connectivity index (χ2n) is 6.95. The van der Waals surface area contributed by atoms with E-state index in [1.54, 1.807) is 6.92 Å². The summed E-state index contributed by atoms with van der Waals surface area (Å²) in [4.78, 5) is -0.475. The third-order valence-corrected chi connectivity index (χ3v) is 7.43. The van der Waals surface area contributed by atoms with Crippen LogP contribution in [0.25, 0.3) is 0 Å². The zero-order chi connectivity index (χ0) is 20.5. The van der Waals surface area contributed by atoms with Crippen LogP contribution in [-0.4, -0.2) is 25.9 Å². The molecule has 0 aliphatic carbocycles. The topological polar surface area (TPSA) is 43.4 Å². The Morgan fingerprint density at radius 3 is 2.41 bits per heavy atom. The van der Waals surface area contributed by atoms with Crippen molar-refractivity contribution in [2.45, 2.75) is 43.7 Å². The van der Waals surface area contributed by atoms with E-state index in [9.17, 15) is 21.6 Å². The minimum Gasteiger partial charge on any atom is -0.373 e. The van der Waals surface area contributed by atoms with Crippen LogP contribution in [0.2, 0.25) is 0 Å². The number of hydrogen-bond donors (Lipinski definition) is 0. The molecular formula is C20H23F3O3S. The first-order valence-electron chi connectivity index (χ1n) is 8.44. The van der Waals surface area contributed by atoms with Crippen LogP contribution in [0.3, 0.4) is 0 Å². The molecule has 0 aromatic heterocycles. The highest BCUT2D eigenvalue weighted by molar-refractivity contribution is 7.96. The summed E-state index contributed by atoms with van der Waals surface area (Å²) in [5, 5.41) is 0. The van der Waals surface area contributed by atoms with Crippen LogP contribution in [0.1, 0.15) is 37.0 Å². The van der Waals surface area contributed by atoms with Crippen LogP contribution in [0.5, 0.6) is 0 Å². The normalized spacial score (nSPS) is 24.5. The number of allylic oxidation sites excluding steroid dienone is 3. The van der Waals surface area contributed by atoms with E-state index in [1.807, 2.05) is 31.2 Å². The van der Waals surface area contributed by atoms with E-state index in [0.717, 1.165) is 17.2 Å². The van der Waals surface area contributed by atoms with Gasteiger partial charge in [0.25, 0.3) is 0 Å². The van der Waals surface area contributed by atoms with Crippen molar-refractivity contribution in [1.82, 2.24) is 0 Å². The molecule has 0 spiro atoms. The van der Waals surface area contributed by atoms with Crippen LogP contribution >= 0.6 is 0 Å². The average molecular weight is 400 g/mol. The third-order valence-electron chi connectivity index (χ3n) is 4.86. The third kappa shape index (κ3) is 4.52. The SMILES string of the molecule is C=C/C(=C\C(=C)C(F)(F)F)S(=O)(=O)[C@]1(C)CCO[C@H](c2ccc(C)cc2)C1. The van der Waals surface area contributed by atoms with E-state index in [1.165, 1.54) is 0 Å². The Bertz CT molecular complexity index is 851. The van der Waals surface area contributed by atoms with Crippen LogP contribution in [-0.2, 0) is 14.6 Å². The second kappa shape index (κ2) is 7.64. The summed E-state index contributed by atoms with van der Waals surface area (Å²) >= 11 is 0. The maximum absolute atomic E-state index is 13.1. The molecule has 0 saturated carbocycles. The Labute approximate surface area is 158 Å². The van der Waals surface area contributed by atoms with Gasteiger partial charge in [-0.15, -0.1) is 0 Å². The minimum atomic E-state index is -4.70. The van der Waals surface area contributed by atoms with E-state index in [0.29, 0.717) is 6.08 Å². The number of benzene rings is 1. The number of sulfone groups is 1. The molecule has 0 radical (unpaired) electrons. The van der Waals surface area contributed by atoms with Gasteiger partial charge in [0.15, 0.2) is 9.84 Å². The van der Waals surface area contributed by atoms with Gasteiger partial charge in [-0.2, -0.15) is 13.2 Å². The fraction of sp³-hybridized carbons (Fsp3) is 0.400. The van der Waals surface area contributed by atoms with Crippen molar-refractivity contribution in [3.05, 3.63) is 71.2 Å². The van der Waals surface area contributed by atoms with Gasteiger partial charge in [0.05, 0.1) is 15.8 Å². The second-order valence-corrected chi connectivity index (χ2v) is 9.42. The number of hydrogen-bond acceptors (Lipinski definition) is 3. The lowest BCUT2D eigenvalue weighted by atomic mass is 9.92. The molecule has 1 aliphatic heterocycles. The maximum atomic E-state index is 13.1. The molecule has 0 amide bonds. The first kappa shape index (κ1) is 21.4. The summed E-state index contributed by atoms with van der Waals surface area (Å²) in [7, 11) is -4.08. The Morgan fingerprint density at radius 2 is 1.89 bits per heavy atom. The highest BCUT2D eigenvalue weighted by Crippen LogP contribution is 2.42. The predicted octanol–water partition coefficient (Wildman–Crippen LogP) is 5.21. The molecule has 7 heteroatoms. The summed E-state index contributed by atoms with van der Waals surface area (Å²) in [6.45, 7) is 9.99. The summed E-state index contributed by atoms with van der Waals surface area (Å²) in [6, 6.07) is 7.55. The van der Waals surface area contributed by atoms with Gasteiger partial charge in [-0.25, -0.2) is 8.42 Å². The fourth-order valence-electron chi connectivity index (χ4n) is 2.99. The quantitative estimate of drug-likeness (QED) is 0.638. The summed E-state index contributed by atoms with van der Waals surface area (Å²) in [5.74, 6) is 0. The molecule has 2 rings (SSSR count). The van der Waals surface area contributed by atoms with E-state index < -0.39 is 37.3 Å². The van der Waals surface area contributed by atoms with Crippen LogP contribution < -0.4 is 0 Å². The summed E-state index contributed by atoms with van der Waals surface area (Å²) in [5.41, 5.74) is 0.671. The molecule has 0 bridgehead atoms. The number of halogens is 3. The first-order chi connectivity index (χ1) is 12.4. The van der Waals surface area contributed by atoms with Crippen LogP contribution in [0.4, 0.5) is 13.2 Å². The molecule has 1 heterocycles. The van der Waals surface area contributed by atoms with Gasteiger partial charge >= 0.3 is 6.18 Å². The molecule has 1 aromatic carbocycles. The number of ether oxygens (including phenoxy) is 1. The zero-order valence-corrected chi connectivity index (χ0v) is 16.2. The number of aryl methyl sites for hydroxylation is 1. The van der Waals surface area contributed by atoms with Crippen molar-refractivity contribution in [2.24, 2.45) is 0 Å². The fourth-order valence-corrected chi connectivity index (χ4v) is 4.80. The van der Waals surface area contributed by atoms with Gasteiger partial charge in [0.2, 0.25) is 0 Å². The largest absolute Gasteiger partial charge is 0.415 e. The van der Waals surface area contributed by atoms with Crippen molar-refractivity contribution in [3.63, 3.8) is 0 Å². The molecule has 0 N–H and O–H groups in total. The summed E-state index contributed by atoms with van der Waals surface area (Å²) < 4.78 is 69.1. The first-order valence-corrected chi connectivity index (χ1v) is 9.92. The van der Waals surface area contributed by atoms with Gasteiger partial charge in [0, 0.05) is 12.2 Å². The lowest BCUT2D eigenvalue weighted by Crippen LogP contribution is -2.42. The van der Waals surface area contributed by atoms with Crippen molar-refractivity contribution in [1.29, 1.82) is 0 Å². The van der Waals surface area contributed by atoms with Crippen molar-refractivity contribution >= 4 is 9.84 Å². The molecule has 1 aromatic rings. The van der Waals surface area contributed by atoms with Crippen molar-refractivity contribution in [3.8, 4) is 0 Å². The monoisotopic (exact) mass is 400 g/mol. The van der Waals surface area contributed by atoms with Gasteiger partial charge in [0.1, 0.15) is 0 Å². The number of rotatable bonds is 5. The van der Waals surface area contributed by atoms with E-state index in [4.69, 9.17) is 4.74 Å². The Hall–Kier alpha value is -1.86. The van der Waals surface area contributed by atoms with E-state index in [2.05, 4.69) is 13.2 Å². The molecule has 148 valence electrons. The lowest BCUT2D eigenvalue weighted by Gasteiger charge is -2.38. The van der Waals surface area contributed by atoms with Gasteiger partial charge in [-0.3, -0.25) is 0 Å². The summed E-state index contributed by atoms with van der Waals surface area (Å²) in [6.07, 6.45) is -3.34. The molecule has 1 saturated heterocycles. The predicted molar refractivity (Wildman–Crippen MR) is 99.9 cm³/mol. The molecule has 2 atom stereocenters. The Kier molecular flexibility index (Phi) is 6.06. The minimum absolute atomic E-state index is 0.141. The molecular weight excluding hydrogens is 377 g/mol. The molecule has 1 fully saturated rings. The van der Waals surface area contributed by atoms with E-state index >= 15 is 0 Å². The van der Waals surface area contributed by atoms with Gasteiger partial charge in [-0.05, 0) is 38.3 Å². The van der Waals surface area contributed by atoms with Gasteiger partial charge in [-0.1, -0.05) is 49.1 Å². The molecule has 27 heavy (non-hydrogen) atoms. The molecule has 0 unspecified atom stereocenters. The van der Waals surface area contributed by atoms with Crippen molar-refractivity contribution < 1.29 is 26.3 Å². The highest BCUT2D eigenvalue weighted by Gasteiger charge is 2.46.